The van der Waals surface area contributed by atoms with Gasteiger partial charge in [0, 0.05) is 26.7 Å². The van der Waals surface area contributed by atoms with Gasteiger partial charge in [-0.15, -0.1) is 0 Å². The van der Waals surface area contributed by atoms with E-state index in [0.29, 0.717) is 0 Å². The van der Waals surface area contributed by atoms with Gasteiger partial charge in [-0.05, 0) is 26.3 Å². The van der Waals surface area contributed by atoms with Crippen molar-refractivity contribution in [3.8, 4) is 0 Å². The lowest BCUT2D eigenvalue weighted by molar-refractivity contribution is -0.171. The van der Waals surface area contributed by atoms with Crippen LogP contribution in [-0.2, 0) is 28.5 Å². The Morgan fingerprint density at radius 1 is 1.07 bits per heavy atom. The molecule has 0 aliphatic heterocycles. The molecule has 0 fully saturated rings. The first-order valence-corrected chi connectivity index (χ1v) is 9.04. The molecule has 0 saturated carbocycles. The summed E-state index contributed by atoms with van der Waals surface area (Å²) in [5.41, 5.74) is 0.894. The number of methoxy groups -OCH3 is 2. The van der Waals surface area contributed by atoms with Gasteiger partial charge in [0.05, 0.1) is 6.04 Å². The van der Waals surface area contributed by atoms with E-state index in [-0.39, 0.29) is 13.5 Å². The van der Waals surface area contributed by atoms with Crippen molar-refractivity contribution in [2.45, 2.75) is 51.5 Å². The van der Waals surface area contributed by atoms with Gasteiger partial charge < -0.3 is 23.7 Å². The largest absolute Gasteiger partial charge is 0.455 e. The fourth-order valence-corrected chi connectivity index (χ4v) is 3.24. The van der Waals surface area contributed by atoms with Crippen molar-refractivity contribution in [2.75, 3.05) is 27.7 Å². The smallest absolute Gasteiger partial charge is 0.412 e. The quantitative estimate of drug-likeness (QED) is 0.518. The van der Waals surface area contributed by atoms with E-state index in [9.17, 15) is 9.59 Å². The monoisotopic (exact) mass is 395 g/mol. The Hall–Kier alpha value is -2.16. The predicted molar refractivity (Wildman–Crippen MR) is 100 cm³/mol. The fourth-order valence-electron chi connectivity index (χ4n) is 3.24. The van der Waals surface area contributed by atoms with E-state index in [4.69, 9.17) is 23.7 Å². The Morgan fingerprint density at radius 2 is 1.71 bits per heavy atom. The molecule has 0 N–H and O–H groups in total. The zero-order valence-corrected chi connectivity index (χ0v) is 17.3. The maximum absolute atomic E-state index is 12.9. The summed E-state index contributed by atoms with van der Waals surface area (Å²) in [4.78, 5) is 26.1. The third-order valence-corrected chi connectivity index (χ3v) is 4.13. The lowest BCUT2D eigenvalue weighted by Crippen LogP contribution is -2.44. The summed E-state index contributed by atoms with van der Waals surface area (Å²) >= 11 is 0. The minimum absolute atomic E-state index is 0.0203. The van der Waals surface area contributed by atoms with E-state index in [2.05, 4.69) is 0 Å². The van der Waals surface area contributed by atoms with Crippen LogP contribution in [-0.4, -0.2) is 56.4 Å². The number of hydrogen-bond acceptors (Lipinski definition) is 7. The highest BCUT2D eigenvalue weighted by molar-refractivity contribution is 5.70. The molecule has 0 bridgehead atoms. The Bertz CT molecular complexity index is 685. The van der Waals surface area contributed by atoms with E-state index in [1.54, 1.807) is 20.8 Å². The summed E-state index contributed by atoms with van der Waals surface area (Å²) in [5, 5.41) is 0. The lowest BCUT2D eigenvalue weighted by Gasteiger charge is -2.35. The highest BCUT2D eigenvalue weighted by Crippen LogP contribution is 2.46. The van der Waals surface area contributed by atoms with Crippen LogP contribution >= 0.6 is 0 Å². The second-order valence-corrected chi connectivity index (χ2v) is 7.51. The second-order valence-electron chi connectivity index (χ2n) is 7.51. The first-order valence-electron chi connectivity index (χ1n) is 9.04. The van der Waals surface area contributed by atoms with Crippen molar-refractivity contribution in [2.24, 2.45) is 0 Å². The van der Waals surface area contributed by atoms with Crippen LogP contribution in [0.5, 0.6) is 0 Å². The Balaban J connectivity index is 2.48. The summed E-state index contributed by atoms with van der Waals surface area (Å²) < 4.78 is 27.3. The summed E-state index contributed by atoms with van der Waals surface area (Å²) in [6.45, 7) is 6.66. The van der Waals surface area contributed by atoms with Crippen molar-refractivity contribution in [3.63, 3.8) is 0 Å². The Morgan fingerprint density at radius 3 is 2.25 bits per heavy atom. The molecule has 1 unspecified atom stereocenters. The summed E-state index contributed by atoms with van der Waals surface area (Å²) in [7, 11) is 2.99. The SMILES string of the molecule is COCO[C@H]1C(OC(C)=O)c2ccccc2[C@H]1N(COC)C(=O)OC(C)(C)C. The molecule has 8 heteroatoms. The van der Waals surface area contributed by atoms with Crippen molar-refractivity contribution in [1.82, 2.24) is 4.90 Å². The second kappa shape index (κ2) is 9.36. The maximum Gasteiger partial charge on any atom is 0.412 e. The summed E-state index contributed by atoms with van der Waals surface area (Å²) in [6.07, 6.45) is -1.91. The van der Waals surface area contributed by atoms with Crippen LogP contribution in [0.2, 0.25) is 0 Å². The fraction of sp³-hybridized carbons (Fsp3) is 0.600. The number of amides is 1. The standard InChI is InChI=1S/C20H29NO7/c1-13(22)27-17-15-10-8-7-9-14(15)16(18(17)26-12-25-6)21(11-24-5)19(23)28-20(2,3)4/h7-10,16-18H,11-12H2,1-6H3/t16-,17?,18-/m1/s1. The molecule has 3 atom stereocenters. The van der Waals surface area contributed by atoms with Gasteiger partial charge in [0.1, 0.15) is 25.2 Å². The average molecular weight is 395 g/mol. The van der Waals surface area contributed by atoms with Crippen LogP contribution in [0.4, 0.5) is 4.79 Å². The molecule has 0 heterocycles. The normalized spacial score (nSPS) is 21.1. The van der Waals surface area contributed by atoms with Crippen LogP contribution in [0, 0.1) is 0 Å². The molecule has 1 aromatic rings. The lowest BCUT2D eigenvalue weighted by atomic mass is 10.1. The Kier molecular flexibility index (Phi) is 7.40. The van der Waals surface area contributed by atoms with Gasteiger partial charge in [-0.25, -0.2) is 4.79 Å². The predicted octanol–water partition coefficient (Wildman–Crippen LogP) is 3.18. The van der Waals surface area contributed by atoms with Crippen LogP contribution in [0.15, 0.2) is 24.3 Å². The van der Waals surface area contributed by atoms with Crippen LogP contribution in [0.1, 0.15) is 51.0 Å². The van der Waals surface area contributed by atoms with Crippen molar-refractivity contribution < 1.29 is 33.3 Å². The van der Waals surface area contributed by atoms with E-state index in [1.807, 2.05) is 24.3 Å². The first-order chi connectivity index (χ1) is 13.2. The summed E-state index contributed by atoms with van der Waals surface area (Å²) in [6, 6.07) is 6.85. The molecule has 28 heavy (non-hydrogen) atoms. The van der Waals surface area contributed by atoms with E-state index in [1.165, 1.54) is 26.0 Å². The molecule has 0 spiro atoms. The van der Waals surface area contributed by atoms with Gasteiger partial charge >= 0.3 is 12.1 Å². The van der Waals surface area contributed by atoms with Gasteiger partial charge in [0.15, 0.2) is 6.10 Å². The zero-order valence-electron chi connectivity index (χ0n) is 17.3. The minimum atomic E-state index is -0.685. The number of hydrogen-bond donors (Lipinski definition) is 0. The molecular formula is C20H29NO7. The first kappa shape index (κ1) is 22.1. The number of ether oxygens (including phenoxy) is 5. The third-order valence-electron chi connectivity index (χ3n) is 4.13. The van der Waals surface area contributed by atoms with Gasteiger partial charge in [-0.3, -0.25) is 9.69 Å². The number of benzene rings is 1. The molecule has 8 nitrogen and oxygen atoms in total. The van der Waals surface area contributed by atoms with Crippen molar-refractivity contribution >= 4 is 12.1 Å². The van der Waals surface area contributed by atoms with Crippen LogP contribution < -0.4 is 0 Å². The van der Waals surface area contributed by atoms with Gasteiger partial charge in [-0.1, -0.05) is 24.3 Å². The number of esters is 1. The van der Waals surface area contributed by atoms with E-state index < -0.39 is 35.9 Å². The van der Waals surface area contributed by atoms with Gasteiger partial charge in [-0.2, -0.15) is 0 Å². The molecule has 1 aliphatic rings. The topological polar surface area (TPSA) is 83.5 Å². The number of rotatable bonds is 7. The highest BCUT2D eigenvalue weighted by atomic mass is 16.7. The number of carbonyl (C=O) groups excluding carboxylic acids is 2. The molecule has 0 radical (unpaired) electrons. The molecule has 0 saturated heterocycles. The molecule has 156 valence electrons. The van der Waals surface area contributed by atoms with Crippen LogP contribution in [0.25, 0.3) is 0 Å². The van der Waals surface area contributed by atoms with E-state index >= 15 is 0 Å². The van der Waals surface area contributed by atoms with E-state index in [0.717, 1.165) is 11.1 Å². The number of fused-ring (bicyclic) bond motifs is 1. The molecule has 2 rings (SSSR count). The van der Waals surface area contributed by atoms with Gasteiger partial charge in [0.2, 0.25) is 0 Å². The molecular weight excluding hydrogens is 366 g/mol. The molecule has 1 aromatic carbocycles. The van der Waals surface area contributed by atoms with Crippen molar-refractivity contribution in [1.29, 1.82) is 0 Å². The van der Waals surface area contributed by atoms with Gasteiger partial charge in [0.25, 0.3) is 0 Å². The number of carbonyl (C=O) groups is 2. The average Bonchev–Trinajstić information content (AvgIpc) is 2.89. The summed E-state index contributed by atoms with van der Waals surface area (Å²) in [5.74, 6) is -0.443. The number of nitrogens with zero attached hydrogens (tertiary/aromatic N) is 1. The minimum Gasteiger partial charge on any atom is -0.455 e. The molecule has 1 aliphatic carbocycles. The molecule has 0 aromatic heterocycles. The van der Waals surface area contributed by atoms with Crippen molar-refractivity contribution in [3.05, 3.63) is 35.4 Å². The zero-order chi connectivity index (χ0) is 20.9. The third kappa shape index (κ3) is 5.21. The molecule has 1 amide bonds. The van der Waals surface area contributed by atoms with Crippen LogP contribution in [0.3, 0.4) is 0 Å². The highest BCUT2D eigenvalue weighted by Gasteiger charge is 2.48. The Labute approximate surface area is 165 Å². The maximum atomic E-state index is 12.9.